The summed E-state index contributed by atoms with van der Waals surface area (Å²) in [4.78, 5) is 16.2. The monoisotopic (exact) mass is 305 g/mol. The lowest BCUT2D eigenvalue weighted by molar-refractivity contribution is 0.0139. The number of amides is 1. The Balaban J connectivity index is 1.83. The van der Waals surface area contributed by atoms with Crippen LogP contribution in [0.5, 0.6) is 0 Å². The van der Waals surface area contributed by atoms with E-state index in [1.807, 2.05) is 26.8 Å². The van der Waals surface area contributed by atoms with Gasteiger partial charge in [0.05, 0.1) is 0 Å². The van der Waals surface area contributed by atoms with Crippen molar-refractivity contribution in [1.29, 1.82) is 0 Å². The summed E-state index contributed by atoms with van der Waals surface area (Å²) in [7, 11) is 0. The third-order valence-electron chi connectivity index (χ3n) is 3.66. The highest BCUT2D eigenvalue weighted by Gasteiger charge is 2.25. The molecule has 1 aliphatic heterocycles. The van der Waals surface area contributed by atoms with Gasteiger partial charge >= 0.3 is 6.09 Å². The van der Waals surface area contributed by atoms with Crippen molar-refractivity contribution >= 4 is 6.09 Å². The van der Waals surface area contributed by atoms with Crippen molar-refractivity contribution in [1.82, 2.24) is 9.80 Å². The zero-order valence-electron chi connectivity index (χ0n) is 13.8. The number of nitrogens with two attached hydrogens (primary N) is 1. The van der Waals surface area contributed by atoms with E-state index in [9.17, 15) is 4.79 Å². The van der Waals surface area contributed by atoms with Gasteiger partial charge in [0.25, 0.3) is 0 Å². The molecule has 1 aromatic carbocycles. The number of piperazine rings is 1. The predicted octanol–water partition coefficient (Wildman–Crippen LogP) is 2.20. The van der Waals surface area contributed by atoms with Crippen molar-refractivity contribution in [2.45, 2.75) is 39.5 Å². The molecule has 1 aliphatic rings. The van der Waals surface area contributed by atoms with E-state index in [2.05, 4.69) is 23.1 Å². The summed E-state index contributed by atoms with van der Waals surface area (Å²) in [6.07, 6.45) is -0.211. The number of hydrogen-bond acceptors (Lipinski definition) is 4. The molecule has 0 aliphatic carbocycles. The van der Waals surface area contributed by atoms with Crippen LogP contribution >= 0.6 is 0 Å². The first-order valence-corrected chi connectivity index (χ1v) is 7.85. The summed E-state index contributed by atoms with van der Waals surface area (Å²) in [6.45, 7) is 10.3. The average molecular weight is 305 g/mol. The summed E-state index contributed by atoms with van der Waals surface area (Å²) in [6, 6.07) is 8.37. The highest BCUT2D eigenvalue weighted by molar-refractivity contribution is 5.68. The number of carbonyl (C=O) groups excluding carboxylic acids is 1. The van der Waals surface area contributed by atoms with E-state index in [0.717, 1.165) is 25.2 Å². The lowest BCUT2D eigenvalue weighted by Crippen LogP contribution is -2.49. The molecular weight excluding hydrogens is 278 g/mol. The van der Waals surface area contributed by atoms with Gasteiger partial charge in [0, 0.05) is 39.3 Å². The van der Waals surface area contributed by atoms with Crippen molar-refractivity contribution in [2.24, 2.45) is 5.73 Å². The maximum absolute atomic E-state index is 12.0. The van der Waals surface area contributed by atoms with Gasteiger partial charge in [-0.3, -0.25) is 4.90 Å². The number of benzene rings is 1. The predicted molar refractivity (Wildman–Crippen MR) is 87.4 cm³/mol. The number of ether oxygens (including phenoxy) is 1. The van der Waals surface area contributed by atoms with Crippen LogP contribution in [0.3, 0.4) is 0 Å². The van der Waals surface area contributed by atoms with Gasteiger partial charge in [-0.1, -0.05) is 24.3 Å². The second-order valence-corrected chi connectivity index (χ2v) is 6.77. The third-order valence-corrected chi connectivity index (χ3v) is 3.66. The summed E-state index contributed by atoms with van der Waals surface area (Å²) >= 11 is 0. The highest BCUT2D eigenvalue weighted by Crippen LogP contribution is 2.14. The van der Waals surface area contributed by atoms with Crippen LogP contribution in [0.15, 0.2) is 24.3 Å². The average Bonchev–Trinajstić information content (AvgIpc) is 2.46. The van der Waals surface area contributed by atoms with Crippen LogP contribution < -0.4 is 5.73 Å². The van der Waals surface area contributed by atoms with E-state index >= 15 is 0 Å². The maximum atomic E-state index is 12.0. The molecule has 0 aromatic heterocycles. The van der Waals surface area contributed by atoms with Crippen molar-refractivity contribution in [3.8, 4) is 0 Å². The molecule has 1 amide bonds. The van der Waals surface area contributed by atoms with E-state index < -0.39 is 5.60 Å². The number of rotatable bonds is 3. The minimum Gasteiger partial charge on any atom is -0.444 e. The Morgan fingerprint density at radius 1 is 1.18 bits per heavy atom. The van der Waals surface area contributed by atoms with Crippen LogP contribution in [0.2, 0.25) is 0 Å². The molecule has 2 rings (SSSR count). The van der Waals surface area contributed by atoms with E-state index in [4.69, 9.17) is 10.5 Å². The minimum absolute atomic E-state index is 0.211. The molecule has 2 N–H and O–H groups in total. The molecule has 0 saturated carbocycles. The molecule has 22 heavy (non-hydrogen) atoms. The van der Waals surface area contributed by atoms with Gasteiger partial charge in [-0.25, -0.2) is 4.79 Å². The van der Waals surface area contributed by atoms with Gasteiger partial charge < -0.3 is 15.4 Å². The SMILES string of the molecule is CC(C)(C)OC(=O)N1CCN(Cc2cccc(CN)c2)CC1. The first-order valence-electron chi connectivity index (χ1n) is 7.85. The summed E-state index contributed by atoms with van der Waals surface area (Å²) in [5, 5.41) is 0. The molecule has 0 unspecified atom stereocenters. The van der Waals surface area contributed by atoms with Crippen molar-refractivity contribution < 1.29 is 9.53 Å². The summed E-state index contributed by atoms with van der Waals surface area (Å²) in [5.74, 6) is 0. The van der Waals surface area contributed by atoms with Crippen molar-refractivity contribution in [3.05, 3.63) is 35.4 Å². The van der Waals surface area contributed by atoms with Crippen LogP contribution in [0, 0.1) is 0 Å². The molecule has 1 fully saturated rings. The summed E-state index contributed by atoms with van der Waals surface area (Å²) < 4.78 is 5.42. The lowest BCUT2D eigenvalue weighted by atomic mass is 10.1. The number of hydrogen-bond donors (Lipinski definition) is 1. The molecule has 122 valence electrons. The largest absolute Gasteiger partial charge is 0.444 e. The minimum atomic E-state index is -0.434. The van der Waals surface area contributed by atoms with E-state index in [-0.39, 0.29) is 6.09 Å². The van der Waals surface area contributed by atoms with Gasteiger partial charge in [-0.15, -0.1) is 0 Å². The fraction of sp³-hybridized carbons (Fsp3) is 0.588. The molecule has 1 aromatic rings. The van der Waals surface area contributed by atoms with Crippen LogP contribution in [0.25, 0.3) is 0 Å². The smallest absolute Gasteiger partial charge is 0.410 e. The standard InChI is InChI=1S/C17H27N3O2/c1-17(2,3)22-16(21)20-9-7-19(8-10-20)13-15-6-4-5-14(11-15)12-18/h4-6,11H,7-10,12-13,18H2,1-3H3. The third kappa shape index (κ3) is 5.00. The van der Waals surface area contributed by atoms with Gasteiger partial charge in [0.2, 0.25) is 0 Å². The first-order chi connectivity index (χ1) is 10.4. The Hall–Kier alpha value is -1.59. The summed E-state index contributed by atoms with van der Waals surface area (Å²) in [5.41, 5.74) is 7.68. The molecule has 5 nitrogen and oxygen atoms in total. The Morgan fingerprint density at radius 3 is 2.41 bits per heavy atom. The van der Waals surface area contributed by atoms with Crippen molar-refractivity contribution in [3.63, 3.8) is 0 Å². The van der Waals surface area contributed by atoms with E-state index in [1.165, 1.54) is 5.56 Å². The molecule has 0 atom stereocenters. The zero-order chi connectivity index (χ0) is 16.2. The van der Waals surface area contributed by atoms with Crippen LogP contribution in [-0.2, 0) is 17.8 Å². The first kappa shape index (κ1) is 16.8. The number of nitrogens with zero attached hydrogens (tertiary/aromatic N) is 2. The molecule has 0 bridgehead atoms. The van der Waals surface area contributed by atoms with Gasteiger partial charge in [-0.05, 0) is 31.9 Å². The highest BCUT2D eigenvalue weighted by atomic mass is 16.6. The van der Waals surface area contributed by atoms with Crippen LogP contribution in [0.4, 0.5) is 4.79 Å². The molecule has 0 radical (unpaired) electrons. The Labute approximate surface area is 133 Å². The fourth-order valence-electron chi connectivity index (χ4n) is 2.53. The molecule has 0 spiro atoms. The maximum Gasteiger partial charge on any atom is 0.410 e. The number of carbonyl (C=O) groups is 1. The quantitative estimate of drug-likeness (QED) is 0.930. The van der Waals surface area contributed by atoms with Crippen LogP contribution in [0.1, 0.15) is 31.9 Å². The normalized spacial score (nSPS) is 16.6. The van der Waals surface area contributed by atoms with Crippen LogP contribution in [-0.4, -0.2) is 47.7 Å². The van der Waals surface area contributed by atoms with Gasteiger partial charge in [0.1, 0.15) is 5.60 Å². The Kier molecular flexibility index (Phi) is 5.42. The molecule has 1 saturated heterocycles. The van der Waals surface area contributed by atoms with Gasteiger partial charge in [0.15, 0.2) is 0 Å². The second kappa shape index (κ2) is 7.11. The van der Waals surface area contributed by atoms with Gasteiger partial charge in [-0.2, -0.15) is 0 Å². The Bertz CT molecular complexity index is 503. The topological polar surface area (TPSA) is 58.8 Å². The van der Waals surface area contributed by atoms with E-state index in [0.29, 0.717) is 19.6 Å². The lowest BCUT2D eigenvalue weighted by Gasteiger charge is -2.35. The van der Waals surface area contributed by atoms with E-state index in [1.54, 1.807) is 4.90 Å². The molecular formula is C17H27N3O2. The fourth-order valence-corrected chi connectivity index (χ4v) is 2.53. The zero-order valence-corrected chi connectivity index (χ0v) is 13.8. The second-order valence-electron chi connectivity index (χ2n) is 6.77. The molecule has 1 heterocycles. The molecule has 5 heteroatoms. The van der Waals surface area contributed by atoms with Crippen molar-refractivity contribution in [2.75, 3.05) is 26.2 Å². The Morgan fingerprint density at radius 2 is 1.82 bits per heavy atom.